The summed E-state index contributed by atoms with van der Waals surface area (Å²) in [5.41, 5.74) is 3.25. The molecule has 3 heterocycles. The summed E-state index contributed by atoms with van der Waals surface area (Å²) in [6, 6.07) is 12.4. The summed E-state index contributed by atoms with van der Waals surface area (Å²) in [7, 11) is 0. The molecule has 0 saturated carbocycles. The lowest BCUT2D eigenvalue weighted by atomic mass is 10.0. The molecule has 1 fully saturated rings. The smallest absolute Gasteiger partial charge is 0.223 e. The van der Waals surface area contributed by atoms with Crippen molar-refractivity contribution in [2.45, 2.75) is 31.8 Å². The molecule has 0 N–H and O–H groups in total. The first-order chi connectivity index (χ1) is 12.2. The minimum absolute atomic E-state index is 0. The molecule has 0 spiro atoms. The summed E-state index contributed by atoms with van der Waals surface area (Å²) < 4.78 is 0. The van der Waals surface area contributed by atoms with Gasteiger partial charge in [0.25, 0.3) is 0 Å². The Morgan fingerprint density at radius 1 is 1.23 bits per heavy atom. The van der Waals surface area contributed by atoms with Gasteiger partial charge < -0.3 is 4.90 Å². The zero-order valence-corrected chi connectivity index (χ0v) is 16.2. The lowest BCUT2D eigenvalue weighted by molar-refractivity contribution is -0.138. The Hall–Kier alpha value is -1.87. The first kappa shape index (κ1) is 18.9. The Bertz CT molecular complexity index is 805. The molecule has 6 heteroatoms. The van der Waals surface area contributed by atoms with E-state index in [-0.39, 0.29) is 18.3 Å². The Morgan fingerprint density at radius 3 is 2.73 bits per heavy atom. The molecule has 0 atom stereocenters. The number of halogens is 1. The van der Waals surface area contributed by atoms with Crippen molar-refractivity contribution in [2.24, 2.45) is 0 Å². The predicted molar refractivity (Wildman–Crippen MR) is 106 cm³/mol. The monoisotopic (exact) mass is 387 g/mol. The number of hydrogen-bond donors (Lipinski definition) is 0. The van der Waals surface area contributed by atoms with Gasteiger partial charge in [-0.25, -0.2) is 0 Å². The molecule has 0 radical (unpaired) electrons. The summed E-state index contributed by atoms with van der Waals surface area (Å²) in [6.07, 6.45) is 2.44. The van der Waals surface area contributed by atoms with Gasteiger partial charge in [0.15, 0.2) is 0 Å². The molecule has 4 rings (SSSR count). The van der Waals surface area contributed by atoms with Crippen LogP contribution >= 0.6 is 23.7 Å². The normalized spacial score (nSPS) is 17.0. The molecule has 0 aliphatic carbocycles. The molecule has 2 aromatic rings. The van der Waals surface area contributed by atoms with Crippen LogP contribution in [0.1, 0.15) is 28.0 Å². The molecule has 1 aromatic carbocycles. The molecule has 4 nitrogen and oxygen atoms in total. The molecule has 26 heavy (non-hydrogen) atoms. The number of hydrogen-bond acceptors (Lipinski definition) is 4. The standard InChI is InChI=1S/C20H21N3OS.ClH/c21-11-16-3-1-15(2-4-16)5-6-20(24)23-13-18(14-23)22-9-7-19-17(12-22)8-10-25-19;/h1-4,8,10,18H,5-7,9,12-14H2;1H. The van der Waals surface area contributed by atoms with E-state index in [9.17, 15) is 4.79 Å². The number of amides is 1. The van der Waals surface area contributed by atoms with Crippen LogP contribution in [0.2, 0.25) is 0 Å². The van der Waals surface area contributed by atoms with Crippen LogP contribution in [0.25, 0.3) is 0 Å². The van der Waals surface area contributed by atoms with Gasteiger partial charge in [-0.1, -0.05) is 12.1 Å². The average Bonchev–Trinajstić information content (AvgIpc) is 3.07. The van der Waals surface area contributed by atoms with Crippen LogP contribution in [0.3, 0.4) is 0 Å². The SMILES string of the molecule is Cl.N#Cc1ccc(CCC(=O)N2CC(N3CCc4sccc4C3)C2)cc1. The van der Waals surface area contributed by atoms with Gasteiger partial charge in [-0.05, 0) is 47.5 Å². The van der Waals surface area contributed by atoms with Crippen molar-refractivity contribution in [2.75, 3.05) is 19.6 Å². The largest absolute Gasteiger partial charge is 0.339 e. The van der Waals surface area contributed by atoms with E-state index in [4.69, 9.17) is 5.26 Å². The van der Waals surface area contributed by atoms with Crippen LogP contribution in [-0.2, 0) is 24.2 Å². The van der Waals surface area contributed by atoms with Crippen molar-refractivity contribution < 1.29 is 4.79 Å². The molecule has 1 saturated heterocycles. The third-order valence-electron chi connectivity index (χ3n) is 5.28. The second kappa shape index (κ2) is 8.22. The highest BCUT2D eigenvalue weighted by Crippen LogP contribution is 2.27. The van der Waals surface area contributed by atoms with Gasteiger partial charge in [-0.3, -0.25) is 9.69 Å². The van der Waals surface area contributed by atoms with E-state index in [0.29, 0.717) is 18.0 Å². The van der Waals surface area contributed by atoms with Crippen LogP contribution in [0.4, 0.5) is 0 Å². The molecule has 2 aliphatic heterocycles. The van der Waals surface area contributed by atoms with Crippen LogP contribution in [0, 0.1) is 11.3 Å². The molecule has 0 unspecified atom stereocenters. The van der Waals surface area contributed by atoms with Crippen LogP contribution < -0.4 is 0 Å². The third-order valence-corrected chi connectivity index (χ3v) is 6.30. The number of fused-ring (bicyclic) bond motifs is 1. The summed E-state index contributed by atoms with van der Waals surface area (Å²) in [4.78, 5) is 18.4. The molecule has 1 amide bonds. The number of benzene rings is 1. The summed E-state index contributed by atoms with van der Waals surface area (Å²) >= 11 is 1.87. The number of thiophene rings is 1. The Kier molecular flexibility index (Phi) is 5.98. The van der Waals surface area contributed by atoms with E-state index < -0.39 is 0 Å². The molecular weight excluding hydrogens is 366 g/mol. The lowest BCUT2D eigenvalue weighted by Gasteiger charge is -2.46. The Balaban J connectivity index is 0.00000196. The van der Waals surface area contributed by atoms with E-state index in [2.05, 4.69) is 22.4 Å². The second-order valence-corrected chi connectivity index (χ2v) is 7.85. The van der Waals surface area contributed by atoms with Crippen molar-refractivity contribution in [3.63, 3.8) is 0 Å². The van der Waals surface area contributed by atoms with Crippen molar-refractivity contribution in [3.05, 3.63) is 57.3 Å². The van der Waals surface area contributed by atoms with Crippen LogP contribution in [0.15, 0.2) is 35.7 Å². The number of likely N-dealkylation sites (tertiary alicyclic amines) is 1. The number of nitriles is 1. The zero-order valence-electron chi connectivity index (χ0n) is 14.6. The average molecular weight is 388 g/mol. The minimum Gasteiger partial charge on any atom is -0.339 e. The molecule has 1 aromatic heterocycles. The molecule has 2 aliphatic rings. The number of carbonyl (C=O) groups excluding carboxylic acids is 1. The number of rotatable bonds is 4. The van der Waals surface area contributed by atoms with E-state index in [0.717, 1.165) is 44.6 Å². The highest BCUT2D eigenvalue weighted by Gasteiger charge is 2.35. The Labute approximate surface area is 164 Å². The van der Waals surface area contributed by atoms with Crippen molar-refractivity contribution >= 4 is 29.7 Å². The first-order valence-corrected chi connectivity index (χ1v) is 9.67. The fraction of sp³-hybridized carbons (Fsp3) is 0.400. The summed E-state index contributed by atoms with van der Waals surface area (Å²) in [6.45, 7) is 3.89. The summed E-state index contributed by atoms with van der Waals surface area (Å²) in [5.74, 6) is 0.244. The van der Waals surface area contributed by atoms with Gasteiger partial charge in [-0.15, -0.1) is 23.7 Å². The fourth-order valence-corrected chi connectivity index (χ4v) is 4.52. The lowest BCUT2D eigenvalue weighted by Crippen LogP contribution is -2.61. The highest BCUT2D eigenvalue weighted by atomic mass is 35.5. The van der Waals surface area contributed by atoms with Crippen molar-refractivity contribution in [1.29, 1.82) is 5.26 Å². The quantitative estimate of drug-likeness (QED) is 0.809. The highest BCUT2D eigenvalue weighted by molar-refractivity contribution is 7.10. The van der Waals surface area contributed by atoms with E-state index in [1.165, 1.54) is 10.4 Å². The minimum atomic E-state index is 0. The predicted octanol–water partition coefficient (Wildman–Crippen LogP) is 3.24. The second-order valence-electron chi connectivity index (χ2n) is 6.85. The number of aryl methyl sites for hydroxylation is 1. The van der Waals surface area contributed by atoms with Gasteiger partial charge in [-0.2, -0.15) is 5.26 Å². The van der Waals surface area contributed by atoms with Crippen LogP contribution in [-0.4, -0.2) is 41.4 Å². The van der Waals surface area contributed by atoms with Crippen molar-refractivity contribution in [3.8, 4) is 6.07 Å². The summed E-state index contributed by atoms with van der Waals surface area (Å²) in [5, 5.41) is 11.0. The maximum Gasteiger partial charge on any atom is 0.223 e. The maximum atomic E-state index is 12.4. The van der Waals surface area contributed by atoms with E-state index >= 15 is 0 Å². The van der Waals surface area contributed by atoms with Gasteiger partial charge in [0.1, 0.15) is 0 Å². The van der Waals surface area contributed by atoms with Gasteiger partial charge in [0.2, 0.25) is 5.91 Å². The van der Waals surface area contributed by atoms with Gasteiger partial charge in [0, 0.05) is 43.5 Å². The first-order valence-electron chi connectivity index (χ1n) is 8.79. The Morgan fingerprint density at radius 2 is 2.00 bits per heavy atom. The maximum absolute atomic E-state index is 12.4. The van der Waals surface area contributed by atoms with Crippen molar-refractivity contribution in [1.82, 2.24) is 9.80 Å². The topological polar surface area (TPSA) is 47.3 Å². The molecule has 0 bridgehead atoms. The van der Waals surface area contributed by atoms with Gasteiger partial charge in [0.05, 0.1) is 11.6 Å². The third kappa shape index (κ3) is 3.93. The van der Waals surface area contributed by atoms with Crippen LogP contribution in [0.5, 0.6) is 0 Å². The number of carbonyl (C=O) groups is 1. The molecular formula is C20H22ClN3OS. The number of nitrogens with zero attached hydrogens (tertiary/aromatic N) is 3. The van der Waals surface area contributed by atoms with E-state index in [1.54, 1.807) is 0 Å². The molecule has 136 valence electrons. The van der Waals surface area contributed by atoms with Gasteiger partial charge >= 0.3 is 0 Å². The zero-order chi connectivity index (χ0) is 17.2. The van der Waals surface area contributed by atoms with E-state index in [1.807, 2.05) is 40.5 Å². The fourth-order valence-electron chi connectivity index (χ4n) is 3.63.